The van der Waals surface area contributed by atoms with Gasteiger partial charge in [0, 0.05) is 11.2 Å². The SMILES string of the molecule is COc1ccc(NC(=O)NC(C)(C)C)c(C)c1C. The van der Waals surface area contributed by atoms with Gasteiger partial charge >= 0.3 is 6.03 Å². The van der Waals surface area contributed by atoms with Gasteiger partial charge in [0.25, 0.3) is 0 Å². The number of amides is 2. The monoisotopic (exact) mass is 250 g/mol. The number of urea groups is 1. The second-order valence-corrected chi connectivity index (χ2v) is 5.39. The lowest BCUT2D eigenvalue weighted by molar-refractivity contribution is 0.244. The predicted octanol–water partition coefficient (Wildman–Crippen LogP) is 3.23. The number of carbonyl (C=O) groups excluding carboxylic acids is 1. The molecule has 0 fully saturated rings. The average Bonchev–Trinajstić information content (AvgIpc) is 2.22. The zero-order valence-electron chi connectivity index (χ0n) is 12.0. The highest BCUT2D eigenvalue weighted by Crippen LogP contribution is 2.27. The molecule has 0 bridgehead atoms. The Morgan fingerprint density at radius 1 is 1.17 bits per heavy atom. The smallest absolute Gasteiger partial charge is 0.319 e. The summed E-state index contributed by atoms with van der Waals surface area (Å²) in [5, 5.41) is 5.71. The fraction of sp³-hybridized carbons (Fsp3) is 0.500. The van der Waals surface area contributed by atoms with Crippen molar-refractivity contribution < 1.29 is 9.53 Å². The highest BCUT2D eigenvalue weighted by Gasteiger charge is 2.15. The van der Waals surface area contributed by atoms with E-state index in [1.54, 1.807) is 7.11 Å². The molecular weight excluding hydrogens is 228 g/mol. The Morgan fingerprint density at radius 2 is 1.78 bits per heavy atom. The molecule has 0 aliphatic rings. The van der Waals surface area contributed by atoms with Crippen LogP contribution >= 0.6 is 0 Å². The molecule has 0 radical (unpaired) electrons. The Kier molecular flexibility index (Phi) is 4.22. The summed E-state index contributed by atoms with van der Waals surface area (Å²) in [6.07, 6.45) is 0. The summed E-state index contributed by atoms with van der Waals surface area (Å²) in [6.45, 7) is 9.77. The lowest BCUT2D eigenvalue weighted by atomic mass is 10.1. The first-order valence-corrected chi connectivity index (χ1v) is 5.98. The van der Waals surface area contributed by atoms with Gasteiger partial charge in [-0.05, 0) is 57.9 Å². The van der Waals surface area contributed by atoms with Gasteiger partial charge in [0.1, 0.15) is 5.75 Å². The molecule has 1 rings (SSSR count). The van der Waals surface area contributed by atoms with Crippen molar-refractivity contribution >= 4 is 11.7 Å². The largest absolute Gasteiger partial charge is 0.496 e. The van der Waals surface area contributed by atoms with Crippen LogP contribution in [0.2, 0.25) is 0 Å². The molecule has 0 saturated heterocycles. The van der Waals surface area contributed by atoms with Crippen LogP contribution in [0, 0.1) is 13.8 Å². The number of hydrogen-bond donors (Lipinski definition) is 2. The van der Waals surface area contributed by atoms with Crippen molar-refractivity contribution in [1.29, 1.82) is 0 Å². The van der Waals surface area contributed by atoms with Gasteiger partial charge in [-0.15, -0.1) is 0 Å². The van der Waals surface area contributed by atoms with Crippen LogP contribution in [-0.2, 0) is 0 Å². The summed E-state index contributed by atoms with van der Waals surface area (Å²) in [6, 6.07) is 3.51. The molecule has 0 unspecified atom stereocenters. The van der Waals surface area contributed by atoms with E-state index < -0.39 is 0 Å². The van der Waals surface area contributed by atoms with Gasteiger partial charge in [0.15, 0.2) is 0 Å². The third-order valence-corrected chi connectivity index (χ3v) is 2.69. The number of nitrogens with one attached hydrogen (secondary N) is 2. The number of carbonyl (C=O) groups is 1. The van der Waals surface area contributed by atoms with Crippen LogP contribution in [0.25, 0.3) is 0 Å². The summed E-state index contributed by atoms with van der Waals surface area (Å²) in [4.78, 5) is 11.8. The molecule has 1 aromatic rings. The van der Waals surface area contributed by atoms with Crippen LogP contribution in [0.4, 0.5) is 10.5 Å². The van der Waals surface area contributed by atoms with Crippen LogP contribution in [0.15, 0.2) is 12.1 Å². The van der Waals surface area contributed by atoms with Gasteiger partial charge < -0.3 is 15.4 Å². The van der Waals surface area contributed by atoms with E-state index in [-0.39, 0.29) is 11.6 Å². The first-order chi connectivity index (χ1) is 8.24. The predicted molar refractivity (Wildman–Crippen MR) is 74.4 cm³/mol. The zero-order valence-corrected chi connectivity index (χ0v) is 12.0. The number of anilines is 1. The van der Waals surface area contributed by atoms with E-state index in [0.29, 0.717) is 0 Å². The van der Waals surface area contributed by atoms with Crippen LogP contribution in [-0.4, -0.2) is 18.7 Å². The fourth-order valence-corrected chi connectivity index (χ4v) is 1.65. The van der Waals surface area contributed by atoms with Crippen LogP contribution in [0.1, 0.15) is 31.9 Å². The molecule has 100 valence electrons. The van der Waals surface area contributed by atoms with Gasteiger partial charge in [-0.3, -0.25) is 0 Å². The molecule has 0 aliphatic heterocycles. The molecule has 0 spiro atoms. The Hall–Kier alpha value is -1.71. The quantitative estimate of drug-likeness (QED) is 0.846. The number of benzene rings is 1. The maximum atomic E-state index is 11.8. The maximum Gasteiger partial charge on any atom is 0.319 e. The van der Waals surface area contributed by atoms with Crippen molar-refractivity contribution in [3.8, 4) is 5.75 Å². The molecule has 4 nitrogen and oxygen atoms in total. The molecule has 18 heavy (non-hydrogen) atoms. The summed E-state index contributed by atoms with van der Waals surface area (Å²) in [5.41, 5.74) is 2.60. The van der Waals surface area contributed by atoms with E-state index in [1.807, 2.05) is 46.8 Å². The van der Waals surface area contributed by atoms with E-state index >= 15 is 0 Å². The third kappa shape index (κ3) is 3.65. The summed E-state index contributed by atoms with van der Waals surface area (Å²) < 4.78 is 5.24. The fourth-order valence-electron chi connectivity index (χ4n) is 1.65. The first kappa shape index (κ1) is 14.4. The summed E-state index contributed by atoms with van der Waals surface area (Å²) >= 11 is 0. The molecule has 0 heterocycles. The van der Waals surface area contributed by atoms with E-state index in [4.69, 9.17) is 4.74 Å². The lowest BCUT2D eigenvalue weighted by Gasteiger charge is -2.21. The van der Waals surface area contributed by atoms with Crippen molar-refractivity contribution in [2.75, 3.05) is 12.4 Å². The van der Waals surface area contributed by atoms with Crippen LogP contribution < -0.4 is 15.4 Å². The van der Waals surface area contributed by atoms with Gasteiger partial charge in [-0.1, -0.05) is 0 Å². The second kappa shape index (κ2) is 5.29. The first-order valence-electron chi connectivity index (χ1n) is 5.98. The second-order valence-electron chi connectivity index (χ2n) is 5.39. The standard InChI is InChI=1S/C14H22N2O2/c1-9-10(2)12(18-6)8-7-11(9)15-13(17)16-14(3,4)5/h7-8H,1-6H3,(H2,15,16,17). The number of hydrogen-bond acceptors (Lipinski definition) is 2. The maximum absolute atomic E-state index is 11.8. The normalized spacial score (nSPS) is 11.0. The van der Waals surface area contributed by atoms with Crippen molar-refractivity contribution in [3.63, 3.8) is 0 Å². The van der Waals surface area contributed by atoms with Gasteiger partial charge in [0.05, 0.1) is 7.11 Å². The molecule has 0 aromatic heterocycles. The Morgan fingerprint density at radius 3 is 2.28 bits per heavy atom. The minimum absolute atomic E-state index is 0.199. The minimum atomic E-state index is -0.250. The Labute approximate surface area is 109 Å². The van der Waals surface area contributed by atoms with Gasteiger partial charge in [-0.2, -0.15) is 0 Å². The molecule has 0 aliphatic carbocycles. The lowest BCUT2D eigenvalue weighted by Crippen LogP contribution is -2.43. The average molecular weight is 250 g/mol. The Balaban J connectivity index is 2.86. The van der Waals surface area contributed by atoms with E-state index in [1.165, 1.54) is 0 Å². The van der Waals surface area contributed by atoms with Crippen LogP contribution in [0.5, 0.6) is 5.75 Å². The highest BCUT2D eigenvalue weighted by atomic mass is 16.5. The van der Waals surface area contributed by atoms with E-state index in [2.05, 4.69) is 10.6 Å². The van der Waals surface area contributed by atoms with Crippen molar-refractivity contribution in [2.45, 2.75) is 40.2 Å². The Bertz CT molecular complexity index is 448. The van der Waals surface area contributed by atoms with Crippen molar-refractivity contribution in [1.82, 2.24) is 5.32 Å². The van der Waals surface area contributed by atoms with E-state index in [0.717, 1.165) is 22.6 Å². The van der Waals surface area contributed by atoms with Gasteiger partial charge in [0.2, 0.25) is 0 Å². The summed E-state index contributed by atoms with van der Waals surface area (Å²) in [5.74, 6) is 0.828. The number of rotatable bonds is 2. The number of methoxy groups -OCH3 is 1. The summed E-state index contributed by atoms with van der Waals surface area (Å²) in [7, 11) is 1.64. The molecule has 0 atom stereocenters. The molecule has 2 amide bonds. The molecule has 1 aromatic carbocycles. The van der Waals surface area contributed by atoms with Crippen LogP contribution in [0.3, 0.4) is 0 Å². The topological polar surface area (TPSA) is 50.4 Å². The van der Waals surface area contributed by atoms with E-state index in [9.17, 15) is 4.79 Å². The molecule has 0 saturated carbocycles. The number of ether oxygens (including phenoxy) is 1. The molecule has 4 heteroatoms. The highest BCUT2D eigenvalue weighted by molar-refractivity contribution is 5.90. The van der Waals surface area contributed by atoms with Crippen molar-refractivity contribution in [2.24, 2.45) is 0 Å². The van der Waals surface area contributed by atoms with Gasteiger partial charge in [-0.25, -0.2) is 4.79 Å². The minimum Gasteiger partial charge on any atom is -0.496 e. The third-order valence-electron chi connectivity index (χ3n) is 2.69. The molecular formula is C14H22N2O2. The zero-order chi connectivity index (χ0) is 13.9. The van der Waals surface area contributed by atoms with Crippen molar-refractivity contribution in [3.05, 3.63) is 23.3 Å². The molecule has 2 N–H and O–H groups in total.